The summed E-state index contributed by atoms with van der Waals surface area (Å²) < 4.78 is 0. The summed E-state index contributed by atoms with van der Waals surface area (Å²) in [5, 5.41) is 10.1. The van der Waals surface area contributed by atoms with Crippen molar-refractivity contribution in [2.75, 3.05) is 44.2 Å². The van der Waals surface area contributed by atoms with Gasteiger partial charge in [-0.2, -0.15) is 0 Å². The molecule has 0 radical (unpaired) electrons. The molecule has 3 rings (SSSR count). The molecule has 6 nitrogen and oxygen atoms in total. The first-order chi connectivity index (χ1) is 16.3. The number of fused-ring (bicyclic) bond motifs is 2. The number of hydrogen-bond donors (Lipinski definition) is 4. The summed E-state index contributed by atoms with van der Waals surface area (Å²) in [5.41, 5.74) is 9.93. The van der Waals surface area contributed by atoms with E-state index in [1.165, 1.54) is 30.4 Å². The fourth-order valence-electron chi connectivity index (χ4n) is 4.29. The van der Waals surface area contributed by atoms with Crippen LogP contribution < -0.4 is 26.6 Å². The van der Waals surface area contributed by atoms with Crippen molar-refractivity contribution in [2.24, 2.45) is 5.73 Å². The first-order valence-electron chi connectivity index (χ1n) is 12.7. The number of nitrogens with one attached hydrogen (secondary N) is 3. The third-order valence-electron chi connectivity index (χ3n) is 6.15. The second kappa shape index (κ2) is 14.7. The van der Waals surface area contributed by atoms with Crippen LogP contribution in [0.15, 0.2) is 48.5 Å². The molecule has 2 amide bonds. The largest absolute Gasteiger partial charge is 0.337 e. The minimum Gasteiger partial charge on any atom is -0.337 e. The molecule has 0 bridgehead atoms. The molecule has 0 aliphatic carbocycles. The number of rotatable bonds is 14. The van der Waals surface area contributed by atoms with Gasteiger partial charge in [0.15, 0.2) is 0 Å². The van der Waals surface area contributed by atoms with E-state index in [0.29, 0.717) is 6.54 Å². The highest BCUT2D eigenvalue weighted by molar-refractivity contribution is 6.01. The lowest BCUT2D eigenvalue weighted by Gasteiger charge is -2.25. The average molecular weight is 452 g/mol. The van der Waals surface area contributed by atoms with Gasteiger partial charge in [0.2, 0.25) is 0 Å². The van der Waals surface area contributed by atoms with E-state index in [2.05, 4.69) is 52.3 Å². The monoisotopic (exact) mass is 451 g/mol. The lowest BCUT2D eigenvalue weighted by molar-refractivity contribution is 0.248. The summed E-state index contributed by atoms with van der Waals surface area (Å²) >= 11 is 0. The van der Waals surface area contributed by atoms with Gasteiger partial charge in [-0.25, -0.2) is 4.79 Å². The van der Waals surface area contributed by atoms with Crippen LogP contribution in [0.3, 0.4) is 0 Å². The molecule has 0 saturated carbocycles. The minimum absolute atomic E-state index is 0.0382. The van der Waals surface area contributed by atoms with E-state index in [-0.39, 0.29) is 6.03 Å². The Bertz CT molecular complexity index is 793. The number of carbonyl (C=O) groups is 1. The van der Waals surface area contributed by atoms with Crippen LogP contribution in [0.2, 0.25) is 0 Å². The second-order valence-electron chi connectivity index (χ2n) is 8.73. The minimum atomic E-state index is -0.0382. The van der Waals surface area contributed by atoms with Crippen LogP contribution in [0.4, 0.5) is 16.2 Å². The van der Waals surface area contributed by atoms with Crippen molar-refractivity contribution in [3.63, 3.8) is 0 Å². The van der Waals surface area contributed by atoms with Gasteiger partial charge < -0.3 is 21.7 Å². The van der Waals surface area contributed by atoms with Gasteiger partial charge in [0.05, 0.1) is 11.4 Å². The SMILES string of the molecule is NCCCCNCCCCNCCCCNC(=O)N1c2ccccc2CCc2ccccc21. The number of nitrogens with zero attached hydrogens (tertiary/aromatic N) is 1. The van der Waals surface area contributed by atoms with Crippen LogP contribution in [0.25, 0.3) is 0 Å². The van der Waals surface area contributed by atoms with Crippen molar-refractivity contribution >= 4 is 17.4 Å². The first kappa shape index (κ1) is 25.2. The highest BCUT2D eigenvalue weighted by Gasteiger charge is 2.25. The fraction of sp³-hybridized carbons (Fsp3) is 0.519. The van der Waals surface area contributed by atoms with Gasteiger partial charge in [0.25, 0.3) is 0 Å². The van der Waals surface area contributed by atoms with Gasteiger partial charge >= 0.3 is 6.03 Å². The van der Waals surface area contributed by atoms with Gasteiger partial charge in [-0.3, -0.25) is 4.90 Å². The predicted octanol–water partition coefficient (Wildman–Crippen LogP) is 4.11. The molecular formula is C27H41N5O. The number of anilines is 2. The molecule has 0 atom stereocenters. The molecule has 180 valence electrons. The van der Waals surface area contributed by atoms with E-state index in [0.717, 1.165) is 76.2 Å². The zero-order chi connectivity index (χ0) is 23.1. The third kappa shape index (κ3) is 8.14. The van der Waals surface area contributed by atoms with Crippen LogP contribution >= 0.6 is 0 Å². The van der Waals surface area contributed by atoms with Crippen molar-refractivity contribution in [3.8, 4) is 0 Å². The molecule has 0 unspecified atom stereocenters. The summed E-state index contributed by atoms with van der Waals surface area (Å²) in [7, 11) is 0. The van der Waals surface area contributed by atoms with E-state index in [4.69, 9.17) is 5.73 Å². The Morgan fingerprint density at radius 1 is 0.697 bits per heavy atom. The average Bonchev–Trinajstić information content (AvgIpc) is 3.01. The molecule has 1 heterocycles. The Kier molecular flexibility index (Phi) is 11.2. The summed E-state index contributed by atoms with van der Waals surface area (Å²) in [6.07, 6.45) is 8.60. The van der Waals surface area contributed by atoms with Gasteiger partial charge in [0.1, 0.15) is 0 Å². The molecule has 6 heteroatoms. The van der Waals surface area contributed by atoms with E-state index in [1.807, 2.05) is 17.0 Å². The molecule has 0 spiro atoms. The lowest BCUT2D eigenvalue weighted by atomic mass is 10.0. The van der Waals surface area contributed by atoms with Crippen LogP contribution in [0, 0.1) is 0 Å². The molecule has 33 heavy (non-hydrogen) atoms. The van der Waals surface area contributed by atoms with E-state index < -0.39 is 0 Å². The number of amides is 2. The number of hydrogen-bond acceptors (Lipinski definition) is 4. The maximum Gasteiger partial charge on any atom is 0.326 e. The van der Waals surface area contributed by atoms with Crippen molar-refractivity contribution in [1.29, 1.82) is 0 Å². The Morgan fingerprint density at radius 3 is 1.67 bits per heavy atom. The summed E-state index contributed by atoms with van der Waals surface area (Å²) in [6, 6.07) is 16.5. The molecule has 2 aromatic rings. The summed E-state index contributed by atoms with van der Waals surface area (Å²) in [4.78, 5) is 15.0. The molecule has 0 aromatic heterocycles. The standard InChI is InChI=1S/C27H41N5O/c28-17-5-6-18-29-19-7-8-20-30-21-9-10-22-31-27(33)32-25-13-3-1-11-23(25)15-16-24-12-2-4-14-26(24)32/h1-4,11-14,29-30H,5-10,15-22,28H2,(H,31,33). The molecular weight excluding hydrogens is 410 g/mol. The van der Waals surface area contributed by atoms with Gasteiger partial charge in [-0.05, 0) is 107 Å². The normalized spacial score (nSPS) is 12.7. The Morgan fingerprint density at radius 2 is 1.15 bits per heavy atom. The maximum absolute atomic E-state index is 13.2. The Balaban J connectivity index is 1.33. The molecule has 2 aromatic carbocycles. The fourth-order valence-corrected chi connectivity index (χ4v) is 4.29. The van der Waals surface area contributed by atoms with Crippen LogP contribution in [-0.2, 0) is 12.8 Å². The van der Waals surface area contributed by atoms with Crippen molar-refractivity contribution in [1.82, 2.24) is 16.0 Å². The number of nitrogens with two attached hydrogens (primary N) is 1. The molecule has 0 fully saturated rings. The Hall–Kier alpha value is -2.41. The highest BCUT2D eigenvalue weighted by Crippen LogP contribution is 2.35. The quantitative estimate of drug-likeness (QED) is 0.326. The smallest absolute Gasteiger partial charge is 0.326 e. The van der Waals surface area contributed by atoms with Crippen LogP contribution in [0.1, 0.15) is 49.7 Å². The van der Waals surface area contributed by atoms with Crippen LogP contribution in [0.5, 0.6) is 0 Å². The molecule has 0 saturated heterocycles. The second-order valence-corrected chi connectivity index (χ2v) is 8.73. The van der Waals surface area contributed by atoms with E-state index >= 15 is 0 Å². The number of benzene rings is 2. The van der Waals surface area contributed by atoms with Gasteiger partial charge in [-0.15, -0.1) is 0 Å². The lowest BCUT2D eigenvalue weighted by Crippen LogP contribution is -2.38. The third-order valence-corrected chi connectivity index (χ3v) is 6.15. The molecule has 1 aliphatic rings. The van der Waals surface area contributed by atoms with E-state index in [9.17, 15) is 4.79 Å². The molecule has 5 N–H and O–H groups in total. The summed E-state index contributed by atoms with van der Waals surface area (Å²) in [6.45, 7) is 5.68. The van der Waals surface area contributed by atoms with Crippen molar-refractivity contribution in [3.05, 3.63) is 59.7 Å². The zero-order valence-corrected chi connectivity index (χ0v) is 20.0. The van der Waals surface area contributed by atoms with Gasteiger partial charge in [-0.1, -0.05) is 36.4 Å². The maximum atomic E-state index is 13.2. The number of urea groups is 1. The number of unbranched alkanes of at least 4 members (excludes halogenated alkanes) is 3. The highest BCUT2D eigenvalue weighted by atomic mass is 16.2. The van der Waals surface area contributed by atoms with Gasteiger partial charge in [0, 0.05) is 6.54 Å². The Labute approximate surface area is 199 Å². The zero-order valence-electron chi connectivity index (χ0n) is 20.0. The number of para-hydroxylation sites is 2. The summed E-state index contributed by atoms with van der Waals surface area (Å²) in [5.74, 6) is 0. The van der Waals surface area contributed by atoms with Crippen molar-refractivity contribution in [2.45, 2.75) is 51.4 Å². The predicted molar refractivity (Wildman–Crippen MR) is 138 cm³/mol. The number of aryl methyl sites for hydroxylation is 2. The van der Waals surface area contributed by atoms with Crippen molar-refractivity contribution < 1.29 is 4.79 Å². The first-order valence-corrected chi connectivity index (χ1v) is 12.7. The van der Waals surface area contributed by atoms with E-state index in [1.54, 1.807) is 0 Å². The van der Waals surface area contributed by atoms with Crippen LogP contribution in [-0.4, -0.2) is 45.3 Å². The number of carbonyl (C=O) groups excluding carboxylic acids is 1. The molecule has 1 aliphatic heterocycles. The topological polar surface area (TPSA) is 82.4 Å².